The number of hydrogen-bond acceptors (Lipinski definition) is 8. The molecule has 0 spiro atoms. The first kappa shape index (κ1) is 58.4. The lowest BCUT2D eigenvalue weighted by atomic mass is 9.99. The molecule has 0 radical (unpaired) electrons. The highest BCUT2D eigenvalue weighted by atomic mass is 16.7. The molecule has 0 aliphatic carbocycles. The summed E-state index contributed by atoms with van der Waals surface area (Å²) in [6, 6.07) is -0.824. The molecule has 0 aromatic carbocycles. The molecule has 7 unspecified atom stereocenters. The first-order valence-corrected chi connectivity index (χ1v) is 25.3. The average Bonchev–Trinajstić information content (AvgIpc) is 3.28. The lowest BCUT2D eigenvalue weighted by Crippen LogP contribution is -2.60. The van der Waals surface area contributed by atoms with Crippen molar-refractivity contribution >= 4 is 5.91 Å². The van der Waals surface area contributed by atoms with Crippen molar-refractivity contribution in [3.63, 3.8) is 0 Å². The van der Waals surface area contributed by atoms with Crippen LogP contribution in [-0.4, -0.2) is 87.5 Å². The van der Waals surface area contributed by atoms with Crippen molar-refractivity contribution in [2.24, 2.45) is 0 Å². The number of aliphatic hydroxyl groups excluding tert-OH is 5. The first-order chi connectivity index (χ1) is 30.8. The number of rotatable bonds is 41. The van der Waals surface area contributed by atoms with Crippen molar-refractivity contribution in [1.82, 2.24) is 5.32 Å². The lowest BCUT2D eigenvalue weighted by molar-refractivity contribution is -0.302. The Balaban J connectivity index is 2.34. The number of carbonyl (C=O) groups is 1. The van der Waals surface area contributed by atoms with Crippen molar-refractivity contribution in [2.45, 2.75) is 236 Å². The Kier molecular flexibility index (Phi) is 40.1. The summed E-state index contributed by atoms with van der Waals surface area (Å²) in [6.07, 6.45) is 53.3. The Morgan fingerprint density at radius 1 is 0.556 bits per heavy atom. The molecule has 0 aromatic heterocycles. The average molecular weight is 884 g/mol. The molecule has 9 heteroatoms. The summed E-state index contributed by atoms with van der Waals surface area (Å²) < 4.78 is 11.2. The van der Waals surface area contributed by atoms with Gasteiger partial charge in [-0.2, -0.15) is 0 Å². The number of hydrogen-bond donors (Lipinski definition) is 6. The van der Waals surface area contributed by atoms with E-state index in [4.69, 9.17) is 9.47 Å². The van der Waals surface area contributed by atoms with Crippen LogP contribution in [0.3, 0.4) is 0 Å². The molecule has 6 N–H and O–H groups in total. The van der Waals surface area contributed by atoms with E-state index in [0.29, 0.717) is 6.42 Å². The fourth-order valence-corrected chi connectivity index (χ4v) is 7.45. The predicted octanol–water partition coefficient (Wildman–Crippen LogP) is 11.5. The molecule has 1 fully saturated rings. The van der Waals surface area contributed by atoms with Crippen LogP contribution in [0.1, 0.15) is 194 Å². The summed E-state index contributed by atoms with van der Waals surface area (Å²) in [6.45, 7) is 3.64. The quantitative estimate of drug-likeness (QED) is 0.0263. The van der Waals surface area contributed by atoms with Crippen LogP contribution in [0, 0.1) is 0 Å². The normalized spacial score (nSPS) is 20.9. The highest BCUT2D eigenvalue weighted by molar-refractivity contribution is 5.76. The third kappa shape index (κ3) is 33.5. The van der Waals surface area contributed by atoms with Crippen molar-refractivity contribution in [3.05, 3.63) is 85.1 Å². The van der Waals surface area contributed by atoms with Gasteiger partial charge in [-0.05, 0) is 70.6 Å². The van der Waals surface area contributed by atoms with Gasteiger partial charge in [-0.1, -0.05) is 202 Å². The molecule has 1 heterocycles. The molecule has 7 atom stereocenters. The monoisotopic (exact) mass is 884 g/mol. The van der Waals surface area contributed by atoms with Crippen LogP contribution < -0.4 is 5.32 Å². The van der Waals surface area contributed by atoms with Gasteiger partial charge in [0.2, 0.25) is 5.91 Å². The fourth-order valence-electron chi connectivity index (χ4n) is 7.45. The molecule has 1 aliphatic rings. The minimum atomic E-state index is -1.58. The maximum absolute atomic E-state index is 13.0. The van der Waals surface area contributed by atoms with E-state index in [0.717, 1.165) is 89.9 Å². The van der Waals surface area contributed by atoms with Crippen molar-refractivity contribution in [2.75, 3.05) is 13.2 Å². The Bertz CT molecular complexity index is 1260. The van der Waals surface area contributed by atoms with Crippen LogP contribution in [0.5, 0.6) is 0 Å². The summed E-state index contributed by atoms with van der Waals surface area (Å²) in [5, 5.41) is 54.3. The number of carbonyl (C=O) groups excluding carboxylic acids is 1. The van der Waals surface area contributed by atoms with Crippen LogP contribution in [-0.2, 0) is 14.3 Å². The molecule has 1 rings (SSSR count). The first-order valence-electron chi connectivity index (χ1n) is 25.3. The van der Waals surface area contributed by atoms with Crippen molar-refractivity contribution < 1.29 is 39.8 Å². The van der Waals surface area contributed by atoms with Crippen LogP contribution in [0.2, 0.25) is 0 Å². The van der Waals surface area contributed by atoms with Gasteiger partial charge in [-0.25, -0.2) is 0 Å². The zero-order chi connectivity index (χ0) is 45.9. The van der Waals surface area contributed by atoms with E-state index in [1.165, 1.54) is 83.5 Å². The van der Waals surface area contributed by atoms with E-state index in [1.807, 2.05) is 6.08 Å². The van der Waals surface area contributed by atoms with Gasteiger partial charge >= 0.3 is 0 Å². The number of aliphatic hydroxyl groups is 5. The van der Waals surface area contributed by atoms with Crippen LogP contribution >= 0.6 is 0 Å². The summed E-state index contributed by atoms with van der Waals surface area (Å²) in [5.74, 6) is -0.204. The second-order valence-corrected chi connectivity index (χ2v) is 17.2. The van der Waals surface area contributed by atoms with Gasteiger partial charge in [-0.3, -0.25) is 4.79 Å². The second kappa shape index (κ2) is 43.3. The fraction of sp³-hybridized carbons (Fsp3) is 0.722. The van der Waals surface area contributed by atoms with E-state index in [1.54, 1.807) is 6.08 Å². The number of allylic oxidation sites excluding steroid dienone is 13. The lowest BCUT2D eigenvalue weighted by Gasteiger charge is -2.40. The zero-order valence-corrected chi connectivity index (χ0v) is 39.8. The Labute approximate surface area is 384 Å². The summed E-state index contributed by atoms with van der Waals surface area (Å²) in [5.41, 5.74) is 0. The van der Waals surface area contributed by atoms with Gasteiger partial charge in [0.05, 0.1) is 25.4 Å². The summed E-state index contributed by atoms with van der Waals surface area (Å²) in [7, 11) is 0. The zero-order valence-electron chi connectivity index (χ0n) is 39.8. The third-order valence-electron chi connectivity index (χ3n) is 11.5. The van der Waals surface area contributed by atoms with Gasteiger partial charge < -0.3 is 40.3 Å². The minimum absolute atomic E-state index is 0.204. The Morgan fingerprint density at radius 2 is 0.984 bits per heavy atom. The maximum Gasteiger partial charge on any atom is 0.220 e. The Morgan fingerprint density at radius 3 is 1.46 bits per heavy atom. The number of unbranched alkanes of at least 4 members (excludes halogenated alkanes) is 19. The third-order valence-corrected chi connectivity index (χ3v) is 11.5. The molecule has 1 saturated heterocycles. The van der Waals surface area contributed by atoms with Gasteiger partial charge in [0, 0.05) is 6.42 Å². The highest BCUT2D eigenvalue weighted by Crippen LogP contribution is 2.22. The second-order valence-electron chi connectivity index (χ2n) is 17.2. The van der Waals surface area contributed by atoms with Crippen LogP contribution in [0.4, 0.5) is 0 Å². The van der Waals surface area contributed by atoms with Gasteiger partial charge in [-0.15, -0.1) is 0 Å². The molecule has 0 aromatic rings. The van der Waals surface area contributed by atoms with E-state index in [9.17, 15) is 30.3 Å². The topological polar surface area (TPSA) is 149 Å². The molecular weight excluding hydrogens is 791 g/mol. The van der Waals surface area contributed by atoms with E-state index < -0.39 is 49.5 Å². The molecule has 362 valence electrons. The van der Waals surface area contributed by atoms with E-state index >= 15 is 0 Å². The van der Waals surface area contributed by atoms with Gasteiger partial charge in [0.25, 0.3) is 0 Å². The minimum Gasteiger partial charge on any atom is -0.394 e. The molecular formula is C54H93NO8. The maximum atomic E-state index is 13.0. The van der Waals surface area contributed by atoms with Crippen molar-refractivity contribution in [3.8, 4) is 0 Å². The molecule has 0 saturated carbocycles. The largest absolute Gasteiger partial charge is 0.394 e. The molecule has 63 heavy (non-hydrogen) atoms. The van der Waals surface area contributed by atoms with Crippen molar-refractivity contribution in [1.29, 1.82) is 0 Å². The molecule has 1 amide bonds. The number of nitrogens with one attached hydrogen (secondary N) is 1. The SMILES string of the molecule is CC/C=C\C/C=C\C/C=C\C/C=C\C/C=C\C/C=C\CCCCCCC(=O)NC(COC1OC(CO)C(O)C(O)C1O)C(O)/C=C/CCCCCCCCCCCCCCCCC. The molecule has 1 aliphatic heterocycles. The van der Waals surface area contributed by atoms with Crippen LogP contribution in [0.15, 0.2) is 85.1 Å². The smallest absolute Gasteiger partial charge is 0.220 e. The summed E-state index contributed by atoms with van der Waals surface area (Å²) in [4.78, 5) is 13.0. The van der Waals surface area contributed by atoms with Crippen LogP contribution in [0.25, 0.3) is 0 Å². The molecule has 9 nitrogen and oxygen atoms in total. The Hall–Kier alpha value is -2.63. The number of amides is 1. The summed E-state index contributed by atoms with van der Waals surface area (Å²) >= 11 is 0. The van der Waals surface area contributed by atoms with Gasteiger partial charge in [0.1, 0.15) is 24.4 Å². The van der Waals surface area contributed by atoms with E-state index in [2.05, 4.69) is 92.1 Å². The van der Waals surface area contributed by atoms with E-state index in [-0.39, 0.29) is 12.5 Å². The standard InChI is InChI=1S/C54H93NO8/c1-3-5-7-9-11-13-15-17-19-21-22-23-24-25-26-28-30-32-34-36-38-40-42-44-50(58)55-47(46-62-54-53(61)52(60)51(59)49(45-56)63-54)48(57)43-41-39-37-35-33-31-29-27-20-18-16-14-12-10-8-6-4-2/h5,7,11,13,17,19,22-23,25-26,30,32,41,43,47-49,51-54,56-57,59-61H,3-4,6,8-10,12,14-16,18,20-21,24,27-29,31,33-40,42,44-46H2,1-2H3,(H,55,58)/b7-5-,13-11-,19-17-,23-22-,26-25-,32-30-,43-41+. The number of ether oxygens (including phenoxy) is 2. The van der Waals surface area contributed by atoms with Gasteiger partial charge in [0.15, 0.2) is 6.29 Å². The highest BCUT2D eigenvalue weighted by Gasteiger charge is 2.44. The predicted molar refractivity (Wildman–Crippen MR) is 262 cm³/mol. The molecule has 0 bridgehead atoms.